The molecule has 3 aliphatic rings. The molecular formula is C16H24N4O3S. The van der Waals surface area contributed by atoms with E-state index in [9.17, 15) is 13.2 Å². The van der Waals surface area contributed by atoms with Gasteiger partial charge in [0, 0.05) is 36.8 Å². The van der Waals surface area contributed by atoms with Crippen molar-refractivity contribution in [2.45, 2.75) is 50.1 Å². The Morgan fingerprint density at radius 1 is 1.21 bits per heavy atom. The number of sulfone groups is 1. The van der Waals surface area contributed by atoms with Gasteiger partial charge in [-0.2, -0.15) is 5.10 Å². The standard InChI is InChI=1S/C16H24N4O3S/c21-16(15-9-14(18-19-15)11-1-2-11)17-12-3-6-20(7-4-12)13-5-8-24(22,23)10-13/h9,11-13H,1-8,10H2,(H,17,21)(H,18,19). The molecule has 2 saturated heterocycles. The molecule has 2 N–H and O–H groups in total. The number of aromatic nitrogens is 2. The maximum Gasteiger partial charge on any atom is 0.271 e. The second-order valence-electron chi connectivity index (χ2n) is 7.32. The first-order valence-corrected chi connectivity index (χ1v) is 10.6. The van der Waals surface area contributed by atoms with Crippen molar-refractivity contribution >= 4 is 15.7 Å². The van der Waals surface area contributed by atoms with Crippen molar-refractivity contribution in [3.63, 3.8) is 0 Å². The largest absolute Gasteiger partial charge is 0.348 e. The molecule has 2 aliphatic heterocycles. The summed E-state index contributed by atoms with van der Waals surface area (Å²) >= 11 is 0. The molecule has 1 aromatic rings. The third-order valence-electron chi connectivity index (χ3n) is 5.44. The lowest BCUT2D eigenvalue weighted by atomic mass is 10.0. The molecule has 1 unspecified atom stereocenters. The van der Waals surface area contributed by atoms with Gasteiger partial charge in [-0.25, -0.2) is 8.42 Å². The van der Waals surface area contributed by atoms with Crippen LogP contribution in [0, 0.1) is 0 Å². The lowest BCUT2D eigenvalue weighted by Gasteiger charge is -2.35. The number of H-pyrrole nitrogens is 1. The average molecular weight is 352 g/mol. The van der Waals surface area contributed by atoms with Crippen LogP contribution in [0.1, 0.15) is 54.2 Å². The van der Waals surface area contributed by atoms with Crippen LogP contribution in [0.3, 0.4) is 0 Å². The fourth-order valence-corrected chi connectivity index (χ4v) is 5.55. The summed E-state index contributed by atoms with van der Waals surface area (Å²) in [4.78, 5) is 14.6. The summed E-state index contributed by atoms with van der Waals surface area (Å²) in [7, 11) is -2.84. The second kappa shape index (κ2) is 6.15. The minimum Gasteiger partial charge on any atom is -0.348 e. The van der Waals surface area contributed by atoms with E-state index in [0.717, 1.165) is 38.0 Å². The van der Waals surface area contributed by atoms with Gasteiger partial charge in [0.15, 0.2) is 9.84 Å². The SMILES string of the molecule is O=C(NC1CCN(C2CCS(=O)(=O)C2)CC1)c1cc(C2CC2)[nH]n1. The Bertz CT molecular complexity index is 717. The molecule has 1 atom stereocenters. The topological polar surface area (TPSA) is 95.2 Å². The molecule has 1 amide bonds. The number of nitrogens with one attached hydrogen (secondary N) is 2. The number of hydrogen-bond donors (Lipinski definition) is 2. The Morgan fingerprint density at radius 2 is 1.96 bits per heavy atom. The highest BCUT2D eigenvalue weighted by Crippen LogP contribution is 2.39. The van der Waals surface area contributed by atoms with Gasteiger partial charge in [0.25, 0.3) is 5.91 Å². The normalized spacial score (nSPS) is 28.1. The number of piperidine rings is 1. The van der Waals surface area contributed by atoms with E-state index in [4.69, 9.17) is 0 Å². The van der Waals surface area contributed by atoms with Gasteiger partial charge in [0.05, 0.1) is 11.5 Å². The molecule has 0 bridgehead atoms. The van der Waals surface area contributed by atoms with Crippen LogP contribution in [0.15, 0.2) is 6.07 Å². The highest BCUT2D eigenvalue weighted by molar-refractivity contribution is 7.91. The van der Waals surface area contributed by atoms with Crippen molar-refractivity contribution in [1.82, 2.24) is 20.4 Å². The smallest absolute Gasteiger partial charge is 0.271 e. The second-order valence-corrected chi connectivity index (χ2v) is 9.55. The van der Waals surface area contributed by atoms with E-state index < -0.39 is 9.84 Å². The molecule has 8 heteroatoms. The van der Waals surface area contributed by atoms with Gasteiger partial charge in [0.1, 0.15) is 5.69 Å². The van der Waals surface area contributed by atoms with E-state index in [1.165, 1.54) is 12.8 Å². The molecule has 0 spiro atoms. The van der Waals surface area contributed by atoms with Crippen LogP contribution in [0.25, 0.3) is 0 Å². The highest BCUT2D eigenvalue weighted by Gasteiger charge is 2.34. The van der Waals surface area contributed by atoms with Crippen molar-refractivity contribution in [2.75, 3.05) is 24.6 Å². The van der Waals surface area contributed by atoms with Crippen molar-refractivity contribution in [3.8, 4) is 0 Å². The van der Waals surface area contributed by atoms with Crippen LogP contribution >= 0.6 is 0 Å². The third-order valence-corrected chi connectivity index (χ3v) is 7.19. The number of likely N-dealkylation sites (tertiary alicyclic amines) is 1. The molecule has 1 aromatic heterocycles. The van der Waals surface area contributed by atoms with Gasteiger partial charge < -0.3 is 5.32 Å². The number of rotatable bonds is 4. The lowest BCUT2D eigenvalue weighted by molar-refractivity contribution is 0.0893. The Morgan fingerprint density at radius 3 is 2.58 bits per heavy atom. The first-order chi connectivity index (χ1) is 11.5. The zero-order valence-corrected chi connectivity index (χ0v) is 14.5. The summed E-state index contributed by atoms with van der Waals surface area (Å²) < 4.78 is 23.2. The van der Waals surface area contributed by atoms with Gasteiger partial charge >= 0.3 is 0 Å². The summed E-state index contributed by atoms with van der Waals surface area (Å²) in [6.45, 7) is 1.69. The maximum absolute atomic E-state index is 12.3. The third kappa shape index (κ3) is 3.49. The van der Waals surface area contributed by atoms with Gasteiger partial charge in [-0.1, -0.05) is 0 Å². The number of carbonyl (C=O) groups is 1. The zero-order valence-electron chi connectivity index (χ0n) is 13.7. The van der Waals surface area contributed by atoms with Crippen LogP contribution in [-0.2, 0) is 9.84 Å². The number of hydrogen-bond acceptors (Lipinski definition) is 5. The molecular weight excluding hydrogens is 328 g/mol. The molecule has 3 heterocycles. The molecule has 7 nitrogen and oxygen atoms in total. The molecule has 0 radical (unpaired) electrons. The average Bonchev–Trinajstić information content (AvgIpc) is 3.17. The molecule has 4 rings (SSSR count). The van der Waals surface area contributed by atoms with Crippen molar-refractivity contribution in [2.24, 2.45) is 0 Å². The van der Waals surface area contributed by atoms with Gasteiger partial charge in [-0.15, -0.1) is 0 Å². The Kier molecular flexibility index (Phi) is 4.12. The molecule has 0 aromatic carbocycles. The van der Waals surface area contributed by atoms with Crippen molar-refractivity contribution < 1.29 is 13.2 Å². The number of carbonyl (C=O) groups excluding carboxylic acids is 1. The lowest BCUT2D eigenvalue weighted by Crippen LogP contribution is -2.48. The van der Waals surface area contributed by atoms with E-state index in [2.05, 4.69) is 20.4 Å². The quantitative estimate of drug-likeness (QED) is 0.830. The minimum absolute atomic E-state index is 0.111. The monoisotopic (exact) mass is 352 g/mol. The first kappa shape index (κ1) is 16.1. The van der Waals surface area contributed by atoms with E-state index >= 15 is 0 Å². The minimum atomic E-state index is -2.84. The number of nitrogens with zero attached hydrogens (tertiary/aromatic N) is 2. The van der Waals surface area contributed by atoms with Crippen LogP contribution in [-0.4, -0.2) is 66.1 Å². The van der Waals surface area contributed by atoms with Crippen molar-refractivity contribution in [1.29, 1.82) is 0 Å². The van der Waals surface area contributed by atoms with Crippen LogP contribution in [0.2, 0.25) is 0 Å². The molecule has 24 heavy (non-hydrogen) atoms. The van der Waals surface area contributed by atoms with Crippen LogP contribution in [0.5, 0.6) is 0 Å². The maximum atomic E-state index is 12.3. The summed E-state index contributed by atoms with van der Waals surface area (Å²) in [6, 6.07) is 2.18. The van der Waals surface area contributed by atoms with Crippen LogP contribution in [0.4, 0.5) is 0 Å². The molecule has 3 fully saturated rings. The van der Waals surface area contributed by atoms with Gasteiger partial charge in [-0.3, -0.25) is 14.8 Å². The number of amides is 1. The Labute approximate surface area is 142 Å². The number of aromatic amines is 1. The Balaban J connectivity index is 1.27. The highest BCUT2D eigenvalue weighted by atomic mass is 32.2. The van der Waals surface area contributed by atoms with Crippen molar-refractivity contribution in [3.05, 3.63) is 17.5 Å². The van der Waals surface area contributed by atoms with E-state index in [1.54, 1.807) is 0 Å². The van der Waals surface area contributed by atoms with E-state index in [-0.39, 0.29) is 18.0 Å². The summed E-state index contributed by atoms with van der Waals surface area (Å²) in [5, 5.41) is 10.2. The summed E-state index contributed by atoms with van der Waals surface area (Å²) in [6.07, 6.45) is 4.83. The molecule has 132 valence electrons. The fourth-order valence-electron chi connectivity index (χ4n) is 3.79. The molecule has 1 saturated carbocycles. The first-order valence-electron chi connectivity index (χ1n) is 8.81. The Hall–Kier alpha value is -1.41. The summed E-state index contributed by atoms with van der Waals surface area (Å²) in [5.41, 5.74) is 1.54. The predicted octanol–water partition coefficient (Wildman–Crippen LogP) is 0.668. The summed E-state index contributed by atoms with van der Waals surface area (Å²) in [5.74, 6) is 1.06. The van der Waals surface area contributed by atoms with E-state index in [0.29, 0.717) is 23.1 Å². The zero-order chi connectivity index (χ0) is 16.7. The van der Waals surface area contributed by atoms with Crippen LogP contribution < -0.4 is 5.32 Å². The fraction of sp³-hybridized carbons (Fsp3) is 0.750. The van der Waals surface area contributed by atoms with E-state index in [1.807, 2.05) is 6.07 Å². The predicted molar refractivity (Wildman–Crippen MR) is 89.7 cm³/mol. The van der Waals surface area contributed by atoms with Gasteiger partial charge in [0.2, 0.25) is 0 Å². The molecule has 1 aliphatic carbocycles. The van der Waals surface area contributed by atoms with Gasteiger partial charge in [-0.05, 0) is 38.2 Å².